The topological polar surface area (TPSA) is 99.4 Å². The van der Waals surface area contributed by atoms with E-state index in [1.54, 1.807) is 28.9 Å². The van der Waals surface area contributed by atoms with E-state index in [9.17, 15) is 4.79 Å². The van der Waals surface area contributed by atoms with Crippen LogP contribution in [0.15, 0.2) is 30.3 Å². The molecule has 0 saturated carbocycles. The van der Waals surface area contributed by atoms with E-state index in [2.05, 4.69) is 26.7 Å². The summed E-state index contributed by atoms with van der Waals surface area (Å²) in [4.78, 5) is 12.3. The fourth-order valence-corrected chi connectivity index (χ4v) is 2.69. The highest BCUT2D eigenvalue weighted by atomic mass is 16.1. The van der Waals surface area contributed by atoms with Crippen molar-refractivity contribution in [3.05, 3.63) is 58.5 Å². The molecule has 7 nitrogen and oxygen atoms in total. The quantitative estimate of drug-likeness (QED) is 0.766. The molecule has 0 fully saturated rings. The number of nitrogens with zero attached hydrogens (tertiary/aromatic N) is 4. The Balaban J connectivity index is 1.78. The predicted molar refractivity (Wildman–Crippen MR) is 93.4 cm³/mol. The second-order valence-electron chi connectivity index (χ2n) is 5.88. The van der Waals surface area contributed by atoms with Crippen molar-refractivity contribution in [3.8, 4) is 11.8 Å². The number of hydrogen-bond donors (Lipinski definition) is 2. The van der Waals surface area contributed by atoms with Gasteiger partial charge in [0.25, 0.3) is 0 Å². The number of hydrogen-bond acceptors (Lipinski definition) is 4. The molecular formula is C18H18N6O. The van der Waals surface area contributed by atoms with Crippen LogP contribution in [-0.4, -0.2) is 25.9 Å². The normalized spacial score (nSPS) is 10.5. The molecule has 0 atom stereocenters. The third-order valence-electron chi connectivity index (χ3n) is 3.99. The van der Waals surface area contributed by atoms with Crippen LogP contribution in [0.5, 0.6) is 0 Å². The van der Waals surface area contributed by atoms with Gasteiger partial charge in [-0.1, -0.05) is 6.07 Å². The Morgan fingerprint density at radius 2 is 2.12 bits per heavy atom. The van der Waals surface area contributed by atoms with Crippen LogP contribution in [0.25, 0.3) is 5.69 Å². The molecule has 0 spiro atoms. The number of anilines is 1. The monoisotopic (exact) mass is 334 g/mol. The zero-order valence-corrected chi connectivity index (χ0v) is 14.3. The summed E-state index contributed by atoms with van der Waals surface area (Å²) in [6.45, 7) is 5.66. The summed E-state index contributed by atoms with van der Waals surface area (Å²) in [5.74, 6) is 0.326. The van der Waals surface area contributed by atoms with Gasteiger partial charge in [0, 0.05) is 23.0 Å². The molecule has 1 aromatic carbocycles. The first-order valence-corrected chi connectivity index (χ1v) is 7.85. The van der Waals surface area contributed by atoms with E-state index in [-0.39, 0.29) is 12.3 Å². The van der Waals surface area contributed by atoms with Gasteiger partial charge in [0.2, 0.25) is 5.91 Å². The largest absolute Gasteiger partial charge is 0.309 e. The Kier molecular flexibility index (Phi) is 4.35. The van der Waals surface area contributed by atoms with Crippen LogP contribution < -0.4 is 5.32 Å². The number of nitriles is 1. The van der Waals surface area contributed by atoms with Crippen molar-refractivity contribution >= 4 is 11.7 Å². The summed E-state index contributed by atoms with van der Waals surface area (Å²) in [7, 11) is 0. The number of aromatic amines is 1. The molecule has 0 saturated heterocycles. The van der Waals surface area contributed by atoms with Crippen molar-refractivity contribution in [2.45, 2.75) is 27.2 Å². The van der Waals surface area contributed by atoms with Gasteiger partial charge in [0.05, 0.1) is 29.4 Å². The summed E-state index contributed by atoms with van der Waals surface area (Å²) in [6.07, 6.45) is 0.240. The average molecular weight is 334 g/mol. The Morgan fingerprint density at radius 3 is 2.80 bits per heavy atom. The second-order valence-corrected chi connectivity index (χ2v) is 5.88. The van der Waals surface area contributed by atoms with E-state index in [0.717, 1.165) is 28.3 Å². The molecule has 25 heavy (non-hydrogen) atoms. The van der Waals surface area contributed by atoms with Crippen LogP contribution in [0.1, 0.15) is 28.2 Å². The number of nitrogens with one attached hydrogen (secondary N) is 2. The SMILES string of the molecule is Cc1n[nH]c(C)c1CC(=O)Nc1cc(C)n(-c2cccc(C#N)c2)n1. The number of H-pyrrole nitrogens is 1. The number of amides is 1. The first-order valence-electron chi connectivity index (χ1n) is 7.85. The zero-order valence-electron chi connectivity index (χ0n) is 14.3. The maximum atomic E-state index is 12.3. The molecule has 0 unspecified atom stereocenters. The minimum absolute atomic E-state index is 0.150. The van der Waals surface area contributed by atoms with Crippen LogP contribution in [-0.2, 0) is 11.2 Å². The summed E-state index contributed by atoms with van der Waals surface area (Å²) in [5, 5.41) is 23.2. The van der Waals surface area contributed by atoms with E-state index in [1.807, 2.05) is 26.8 Å². The van der Waals surface area contributed by atoms with E-state index < -0.39 is 0 Å². The van der Waals surface area contributed by atoms with E-state index in [1.165, 1.54) is 0 Å². The maximum Gasteiger partial charge on any atom is 0.230 e. The lowest BCUT2D eigenvalue weighted by Crippen LogP contribution is -2.15. The number of rotatable bonds is 4. The van der Waals surface area contributed by atoms with Crippen LogP contribution >= 0.6 is 0 Å². The standard InChI is InChI=1S/C18H18N6O/c1-11-7-17(20-18(25)9-16-12(2)21-22-13(16)3)23-24(11)15-6-4-5-14(8-15)10-19/h4-8H,9H2,1-3H3,(H,21,22)(H,20,23,25). The van der Waals surface area contributed by atoms with Gasteiger partial charge < -0.3 is 5.32 Å². The van der Waals surface area contributed by atoms with Gasteiger partial charge in [0.1, 0.15) is 0 Å². The Bertz CT molecular complexity index is 956. The highest BCUT2D eigenvalue weighted by Crippen LogP contribution is 2.17. The number of carbonyl (C=O) groups excluding carboxylic acids is 1. The van der Waals surface area contributed by atoms with Gasteiger partial charge in [-0.3, -0.25) is 9.89 Å². The second kappa shape index (κ2) is 6.61. The molecule has 126 valence electrons. The Labute approximate surface area is 145 Å². The fraction of sp³-hybridized carbons (Fsp3) is 0.222. The van der Waals surface area contributed by atoms with Crippen molar-refractivity contribution in [1.82, 2.24) is 20.0 Å². The number of aryl methyl sites for hydroxylation is 3. The minimum Gasteiger partial charge on any atom is -0.309 e. The molecule has 0 radical (unpaired) electrons. The number of benzene rings is 1. The predicted octanol–water partition coefficient (Wildman–Crippen LogP) is 2.57. The third kappa shape index (κ3) is 3.43. The fourth-order valence-electron chi connectivity index (χ4n) is 2.69. The van der Waals surface area contributed by atoms with Gasteiger partial charge in [-0.05, 0) is 39.0 Å². The highest BCUT2D eigenvalue weighted by Gasteiger charge is 2.14. The Hall–Kier alpha value is -3.40. The lowest BCUT2D eigenvalue weighted by molar-refractivity contribution is -0.115. The van der Waals surface area contributed by atoms with E-state index >= 15 is 0 Å². The zero-order chi connectivity index (χ0) is 18.0. The molecule has 7 heteroatoms. The molecule has 2 N–H and O–H groups in total. The Morgan fingerprint density at radius 1 is 1.32 bits per heavy atom. The molecule has 0 bridgehead atoms. The van der Waals surface area contributed by atoms with E-state index in [0.29, 0.717) is 11.4 Å². The van der Waals surface area contributed by atoms with Gasteiger partial charge in [-0.2, -0.15) is 10.4 Å². The van der Waals surface area contributed by atoms with Gasteiger partial charge in [0.15, 0.2) is 5.82 Å². The van der Waals surface area contributed by atoms with Gasteiger partial charge in [-0.15, -0.1) is 5.10 Å². The van der Waals surface area contributed by atoms with Crippen molar-refractivity contribution in [1.29, 1.82) is 5.26 Å². The first-order chi connectivity index (χ1) is 12.0. The van der Waals surface area contributed by atoms with Crippen molar-refractivity contribution < 1.29 is 4.79 Å². The molecule has 3 aromatic rings. The average Bonchev–Trinajstić information content (AvgIpc) is 3.11. The molecular weight excluding hydrogens is 316 g/mol. The van der Waals surface area contributed by atoms with E-state index in [4.69, 9.17) is 5.26 Å². The molecule has 0 aliphatic carbocycles. The van der Waals surface area contributed by atoms with Crippen molar-refractivity contribution in [2.24, 2.45) is 0 Å². The molecule has 0 aliphatic rings. The first kappa shape index (κ1) is 16.5. The van der Waals surface area contributed by atoms with Crippen LogP contribution in [0, 0.1) is 32.1 Å². The third-order valence-corrected chi connectivity index (χ3v) is 3.99. The smallest absolute Gasteiger partial charge is 0.230 e. The molecule has 0 aliphatic heterocycles. The summed E-state index contributed by atoms with van der Waals surface area (Å²) >= 11 is 0. The molecule has 2 heterocycles. The number of carbonyl (C=O) groups is 1. The van der Waals surface area contributed by atoms with Gasteiger partial charge in [-0.25, -0.2) is 4.68 Å². The maximum absolute atomic E-state index is 12.3. The number of aromatic nitrogens is 4. The molecule has 3 rings (SSSR count). The van der Waals surface area contributed by atoms with Gasteiger partial charge >= 0.3 is 0 Å². The van der Waals surface area contributed by atoms with Crippen LogP contribution in [0.3, 0.4) is 0 Å². The lowest BCUT2D eigenvalue weighted by atomic mass is 10.1. The highest BCUT2D eigenvalue weighted by molar-refractivity contribution is 5.91. The summed E-state index contributed by atoms with van der Waals surface area (Å²) in [5.41, 5.74) is 4.81. The summed E-state index contributed by atoms with van der Waals surface area (Å²) < 4.78 is 1.70. The van der Waals surface area contributed by atoms with Crippen molar-refractivity contribution in [2.75, 3.05) is 5.32 Å². The molecule has 2 aromatic heterocycles. The molecule has 1 amide bonds. The minimum atomic E-state index is -0.150. The van der Waals surface area contributed by atoms with Crippen molar-refractivity contribution in [3.63, 3.8) is 0 Å². The van der Waals surface area contributed by atoms with Crippen LogP contribution in [0.4, 0.5) is 5.82 Å². The lowest BCUT2D eigenvalue weighted by Gasteiger charge is -2.04. The van der Waals surface area contributed by atoms with Crippen LogP contribution in [0.2, 0.25) is 0 Å². The summed E-state index contributed by atoms with van der Waals surface area (Å²) in [6, 6.07) is 11.1.